The lowest BCUT2D eigenvalue weighted by atomic mass is 9.84. The molecule has 1 aliphatic heterocycles. The minimum absolute atomic E-state index is 0.0147. The van der Waals surface area contributed by atoms with E-state index in [1.165, 1.54) is 0 Å². The van der Waals surface area contributed by atoms with E-state index < -0.39 is 6.29 Å². The second-order valence-electron chi connectivity index (χ2n) is 5.56. The summed E-state index contributed by atoms with van der Waals surface area (Å²) in [5.41, 5.74) is 1.90. The van der Waals surface area contributed by atoms with E-state index in [0.717, 1.165) is 0 Å². The van der Waals surface area contributed by atoms with Crippen LogP contribution in [0.5, 0.6) is 11.5 Å². The van der Waals surface area contributed by atoms with Gasteiger partial charge in [-0.15, -0.1) is 0 Å². The maximum Gasteiger partial charge on any atom is 0.198 e. The van der Waals surface area contributed by atoms with Crippen molar-refractivity contribution in [2.75, 3.05) is 0 Å². The molecule has 0 saturated carbocycles. The standard InChI is InChI=1S/C15H20O4/c1-7(2)13(17)10-5-9(4)14(18)15-12(10)8(3)6-11(16)19-15/h5,7-8,11,16,18H,6H2,1-4H3/t8-,11-/m0/s1. The number of hydrogen-bond acceptors (Lipinski definition) is 4. The predicted octanol–water partition coefficient (Wildman–Crippen LogP) is 2.74. The number of aliphatic hydroxyl groups is 1. The molecule has 1 aliphatic rings. The molecule has 2 atom stereocenters. The lowest BCUT2D eigenvalue weighted by Crippen LogP contribution is -2.26. The number of carbonyl (C=O) groups excluding carboxylic acids is 1. The number of phenols is 1. The number of rotatable bonds is 2. The maximum absolute atomic E-state index is 12.3. The van der Waals surface area contributed by atoms with Crippen LogP contribution in [0, 0.1) is 12.8 Å². The molecule has 4 heteroatoms. The molecule has 2 rings (SSSR count). The number of aromatic hydroxyl groups is 1. The van der Waals surface area contributed by atoms with Gasteiger partial charge in [0.2, 0.25) is 0 Å². The number of Topliss-reactive ketones (excluding diaryl/α,β-unsaturated/α-hetero) is 1. The van der Waals surface area contributed by atoms with Crippen molar-refractivity contribution in [3.63, 3.8) is 0 Å². The molecule has 1 aromatic carbocycles. The number of carbonyl (C=O) groups is 1. The van der Waals surface area contributed by atoms with Crippen molar-refractivity contribution in [3.8, 4) is 11.5 Å². The van der Waals surface area contributed by atoms with E-state index in [2.05, 4.69) is 0 Å². The molecule has 0 bridgehead atoms. The van der Waals surface area contributed by atoms with Crippen LogP contribution in [0.15, 0.2) is 6.07 Å². The molecular formula is C15H20O4. The third-order valence-electron chi connectivity index (χ3n) is 3.58. The first-order chi connectivity index (χ1) is 8.82. The van der Waals surface area contributed by atoms with E-state index in [0.29, 0.717) is 23.1 Å². The fourth-order valence-electron chi connectivity index (χ4n) is 2.52. The molecule has 0 spiro atoms. The molecule has 0 aromatic heterocycles. The first-order valence-corrected chi connectivity index (χ1v) is 6.58. The second-order valence-corrected chi connectivity index (χ2v) is 5.56. The summed E-state index contributed by atoms with van der Waals surface area (Å²) in [6.45, 7) is 7.35. The Morgan fingerprint density at radius 1 is 1.47 bits per heavy atom. The Morgan fingerprint density at radius 2 is 2.11 bits per heavy atom. The van der Waals surface area contributed by atoms with Crippen LogP contribution >= 0.6 is 0 Å². The number of benzene rings is 1. The average molecular weight is 264 g/mol. The molecule has 0 aliphatic carbocycles. The summed E-state index contributed by atoms with van der Waals surface area (Å²) in [5, 5.41) is 19.7. The molecule has 19 heavy (non-hydrogen) atoms. The first-order valence-electron chi connectivity index (χ1n) is 6.58. The van der Waals surface area contributed by atoms with Crippen LogP contribution in [-0.2, 0) is 0 Å². The van der Waals surface area contributed by atoms with Gasteiger partial charge in [-0.3, -0.25) is 4.79 Å². The molecule has 104 valence electrons. The third-order valence-corrected chi connectivity index (χ3v) is 3.58. The number of ketones is 1. The van der Waals surface area contributed by atoms with Gasteiger partial charge in [0, 0.05) is 23.5 Å². The minimum atomic E-state index is -0.933. The van der Waals surface area contributed by atoms with Gasteiger partial charge in [-0.05, 0) is 24.5 Å². The maximum atomic E-state index is 12.3. The zero-order valence-electron chi connectivity index (χ0n) is 11.7. The van der Waals surface area contributed by atoms with Crippen molar-refractivity contribution in [3.05, 3.63) is 22.8 Å². The van der Waals surface area contributed by atoms with Crippen molar-refractivity contribution in [2.45, 2.75) is 46.3 Å². The van der Waals surface area contributed by atoms with E-state index >= 15 is 0 Å². The van der Waals surface area contributed by atoms with Crippen LogP contribution in [0.1, 0.15) is 54.6 Å². The molecular weight excluding hydrogens is 244 g/mol. The van der Waals surface area contributed by atoms with Gasteiger partial charge in [0.05, 0.1) is 0 Å². The highest BCUT2D eigenvalue weighted by atomic mass is 16.6. The Morgan fingerprint density at radius 3 is 2.68 bits per heavy atom. The number of hydrogen-bond donors (Lipinski definition) is 2. The van der Waals surface area contributed by atoms with Gasteiger partial charge in [-0.2, -0.15) is 0 Å². The van der Waals surface area contributed by atoms with Crippen molar-refractivity contribution < 1.29 is 19.7 Å². The second kappa shape index (κ2) is 4.85. The monoisotopic (exact) mass is 264 g/mol. The summed E-state index contributed by atoms with van der Waals surface area (Å²) in [7, 11) is 0. The molecule has 1 heterocycles. The molecule has 0 unspecified atom stereocenters. The van der Waals surface area contributed by atoms with Crippen molar-refractivity contribution >= 4 is 5.78 Å². The number of aliphatic hydroxyl groups excluding tert-OH is 1. The van der Waals surface area contributed by atoms with Crippen molar-refractivity contribution in [1.82, 2.24) is 0 Å². The molecule has 0 radical (unpaired) electrons. The molecule has 2 N–H and O–H groups in total. The highest BCUT2D eigenvalue weighted by molar-refractivity contribution is 6.00. The number of aryl methyl sites for hydroxylation is 1. The van der Waals surface area contributed by atoms with Gasteiger partial charge in [-0.1, -0.05) is 20.8 Å². The largest absolute Gasteiger partial charge is 0.504 e. The summed E-state index contributed by atoms with van der Waals surface area (Å²) in [5.74, 6) is 0.164. The van der Waals surface area contributed by atoms with Crippen molar-refractivity contribution in [2.24, 2.45) is 5.92 Å². The molecule has 0 fully saturated rings. The van der Waals surface area contributed by atoms with Crippen LogP contribution in [0.2, 0.25) is 0 Å². The fourth-order valence-corrected chi connectivity index (χ4v) is 2.52. The van der Waals surface area contributed by atoms with E-state index in [-0.39, 0.29) is 29.1 Å². The topological polar surface area (TPSA) is 66.8 Å². The van der Waals surface area contributed by atoms with Crippen LogP contribution in [0.25, 0.3) is 0 Å². The van der Waals surface area contributed by atoms with Gasteiger partial charge >= 0.3 is 0 Å². The highest BCUT2D eigenvalue weighted by Crippen LogP contribution is 2.45. The Kier molecular flexibility index (Phi) is 3.54. The fraction of sp³-hybridized carbons (Fsp3) is 0.533. The molecule has 0 amide bonds. The van der Waals surface area contributed by atoms with E-state index in [1.807, 2.05) is 20.8 Å². The van der Waals surface area contributed by atoms with Gasteiger partial charge < -0.3 is 14.9 Å². The Labute approximate surface area is 113 Å². The number of fused-ring (bicyclic) bond motifs is 1. The van der Waals surface area contributed by atoms with Crippen molar-refractivity contribution in [1.29, 1.82) is 0 Å². The minimum Gasteiger partial charge on any atom is -0.504 e. The summed E-state index contributed by atoms with van der Waals surface area (Å²) in [6, 6.07) is 1.72. The molecule has 0 saturated heterocycles. The average Bonchev–Trinajstić information content (AvgIpc) is 2.32. The van der Waals surface area contributed by atoms with Crippen LogP contribution < -0.4 is 4.74 Å². The summed E-state index contributed by atoms with van der Waals surface area (Å²) < 4.78 is 5.34. The smallest absolute Gasteiger partial charge is 0.198 e. The zero-order valence-corrected chi connectivity index (χ0v) is 11.7. The lowest BCUT2D eigenvalue weighted by Gasteiger charge is -2.30. The Balaban J connectivity index is 2.67. The van der Waals surface area contributed by atoms with Gasteiger partial charge in [0.25, 0.3) is 0 Å². The van der Waals surface area contributed by atoms with Crippen LogP contribution in [0.4, 0.5) is 0 Å². The summed E-state index contributed by atoms with van der Waals surface area (Å²) >= 11 is 0. The summed E-state index contributed by atoms with van der Waals surface area (Å²) in [6.07, 6.45) is -0.509. The van der Waals surface area contributed by atoms with Crippen LogP contribution in [-0.4, -0.2) is 22.3 Å². The lowest BCUT2D eigenvalue weighted by molar-refractivity contribution is -0.0393. The van der Waals surface area contributed by atoms with E-state index in [9.17, 15) is 15.0 Å². The van der Waals surface area contributed by atoms with Gasteiger partial charge in [-0.25, -0.2) is 0 Å². The highest BCUT2D eigenvalue weighted by Gasteiger charge is 2.32. The SMILES string of the molecule is Cc1cc(C(=O)C(C)C)c2c(c1O)O[C@H](O)C[C@@H]2C. The number of ether oxygens (including phenoxy) is 1. The quantitative estimate of drug-likeness (QED) is 0.806. The van der Waals surface area contributed by atoms with Gasteiger partial charge in [0.15, 0.2) is 23.6 Å². The predicted molar refractivity (Wildman–Crippen MR) is 71.7 cm³/mol. The molecule has 4 nitrogen and oxygen atoms in total. The Hall–Kier alpha value is -1.55. The third kappa shape index (κ3) is 2.32. The zero-order chi connectivity index (χ0) is 14.3. The Bertz CT molecular complexity index is 519. The first kappa shape index (κ1) is 13.9. The van der Waals surface area contributed by atoms with E-state index in [1.54, 1.807) is 13.0 Å². The van der Waals surface area contributed by atoms with Crippen LogP contribution in [0.3, 0.4) is 0 Å². The number of phenolic OH excluding ortho intramolecular Hbond substituents is 1. The van der Waals surface area contributed by atoms with E-state index in [4.69, 9.17) is 4.74 Å². The van der Waals surface area contributed by atoms with Gasteiger partial charge in [0.1, 0.15) is 0 Å². The summed E-state index contributed by atoms with van der Waals surface area (Å²) in [4.78, 5) is 12.3. The normalized spacial score (nSPS) is 22.0. The molecule has 1 aromatic rings.